The lowest BCUT2D eigenvalue weighted by Crippen LogP contribution is -2.17. The first-order valence-electron chi connectivity index (χ1n) is 23.2. The van der Waals surface area contributed by atoms with E-state index in [-0.39, 0.29) is 10.8 Å². The smallest absolute Gasteiger partial charge is 0.0465 e. The summed E-state index contributed by atoms with van der Waals surface area (Å²) in [6, 6.07) is 84.7. The molecule has 0 unspecified atom stereocenters. The van der Waals surface area contributed by atoms with Gasteiger partial charge in [0.25, 0.3) is 0 Å². The minimum Gasteiger partial charge on any atom is -0.310 e. The topological polar surface area (TPSA) is 6.48 Å². The number of benzene rings is 10. The Bertz CT molecular complexity index is 3190. The zero-order valence-electron chi connectivity index (χ0n) is 37.8. The van der Waals surface area contributed by atoms with Crippen molar-refractivity contribution in [3.05, 3.63) is 253 Å². The molecular weight excluding hydrogens is 797 g/mol. The average molecular weight is 847 g/mol. The molecule has 12 rings (SSSR count). The summed E-state index contributed by atoms with van der Waals surface area (Å²) < 4.78 is 0. The molecule has 10 aromatic carbocycles. The van der Waals surface area contributed by atoms with E-state index in [0.29, 0.717) is 0 Å². The zero-order chi connectivity index (χ0) is 44.6. The molecule has 0 N–H and O–H groups in total. The van der Waals surface area contributed by atoms with Crippen LogP contribution in [0.4, 0.5) is 34.1 Å². The van der Waals surface area contributed by atoms with Crippen LogP contribution in [0, 0.1) is 0 Å². The highest BCUT2D eigenvalue weighted by Gasteiger charge is 2.41. The second-order valence-corrected chi connectivity index (χ2v) is 18.9. The van der Waals surface area contributed by atoms with Crippen LogP contribution in [-0.2, 0) is 10.8 Å². The third-order valence-electron chi connectivity index (χ3n) is 14.4. The van der Waals surface area contributed by atoms with Crippen LogP contribution in [0.3, 0.4) is 0 Å². The highest BCUT2D eigenvalue weighted by atomic mass is 15.1. The van der Waals surface area contributed by atoms with Crippen molar-refractivity contribution in [3.8, 4) is 44.5 Å². The van der Waals surface area contributed by atoms with Gasteiger partial charge in [-0.3, -0.25) is 0 Å². The molecule has 2 aliphatic carbocycles. The van der Waals surface area contributed by atoms with E-state index in [4.69, 9.17) is 0 Å². The average Bonchev–Trinajstić information content (AvgIpc) is 3.75. The Hall–Kier alpha value is -7.94. The van der Waals surface area contributed by atoms with Gasteiger partial charge in [-0.05, 0) is 150 Å². The van der Waals surface area contributed by atoms with Crippen LogP contribution < -0.4 is 9.80 Å². The van der Waals surface area contributed by atoms with Crippen LogP contribution >= 0.6 is 0 Å². The minimum absolute atomic E-state index is 0.195. The van der Waals surface area contributed by atoms with Crippen LogP contribution in [0.5, 0.6) is 0 Å². The molecule has 2 heteroatoms. The van der Waals surface area contributed by atoms with E-state index in [1.165, 1.54) is 77.5 Å². The second kappa shape index (κ2) is 15.4. The van der Waals surface area contributed by atoms with E-state index in [1.807, 2.05) is 0 Å². The van der Waals surface area contributed by atoms with Gasteiger partial charge in [0.05, 0.1) is 0 Å². The van der Waals surface area contributed by atoms with Crippen molar-refractivity contribution < 1.29 is 0 Å². The molecule has 2 nitrogen and oxygen atoms in total. The van der Waals surface area contributed by atoms with Crippen molar-refractivity contribution in [1.82, 2.24) is 0 Å². The Morgan fingerprint density at radius 3 is 0.924 bits per heavy atom. The molecule has 2 aliphatic rings. The van der Waals surface area contributed by atoms with Gasteiger partial charge in [0.15, 0.2) is 0 Å². The van der Waals surface area contributed by atoms with Gasteiger partial charge >= 0.3 is 0 Å². The highest BCUT2D eigenvalue weighted by molar-refractivity contribution is 6.11. The van der Waals surface area contributed by atoms with Crippen molar-refractivity contribution in [3.63, 3.8) is 0 Å². The molecule has 0 spiro atoms. The Morgan fingerprint density at radius 2 is 0.561 bits per heavy atom. The predicted molar refractivity (Wildman–Crippen MR) is 279 cm³/mol. The molecule has 0 bridgehead atoms. The third-order valence-corrected chi connectivity index (χ3v) is 14.4. The summed E-state index contributed by atoms with van der Waals surface area (Å²) in [4.78, 5) is 4.79. The summed E-state index contributed by atoms with van der Waals surface area (Å²) in [6.07, 6.45) is 0. The van der Waals surface area contributed by atoms with E-state index in [0.717, 1.165) is 34.1 Å². The molecule has 0 fully saturated rings. The third kappa shape index (κ3) is 6.31. The van der Waals surface area contributed by atoms with Crippen molar-refractivity contribution in [2.75, 3.05) is 9.80 Å². The first kappa shape index (κ1) is 39.6. The lowest BCUT2D eigenvalue weighted by molar-refractivity contribution is 0.660. The normalized spacial score (nSPS) is 13.7. The summed E-state index contributed by atoms with van der Waals surface area (Å²) in [5.74, 6) is 0. The fraction of sp³-hybridized carbons (Fsp3) is 0.0938. The van der Waals surface area contributed by atoms with Gasteiger partial charge in [-0.1, -0.05) is 185 Å². The van der Waals surface area contributed by atoms with Crippen molar-refractivity contribution in [2.45, 2.75) is 38.5 Å². The second-order valence-electron chi connectivity index (χ2n) is 18.9. The number of para-hydroxylation sites is 2. The molecule has 0 heterocycles. The lowest BCUT2D eigenvalue weighted by atomic mass is 9.80. The molecule has 10 aromatic rings. The number of hydrogen-bond acceptors (Lipinski definition) is 2. The van der Waals surface area contributed by atoms with E-state index < -0.39 is 0 Å². The van der Waals surface area contributed by atoms with E-state index in [1.54, 1.807) is 0 Å². The molecule has 0 aliphatic heterocycles. The monoisotopic (exact) mass is 846 g/mol. The maximum absolute atomic E-state index is 2.44. The maximum atomic E-state index is 2.44. The van der Waals surface area contributed by atoms with E-state index >= 15 is 0 Å². The Morgan fingerprint density at radius 1 is 0.258 bits per heavy atom. The molecule has 0 atom stereocenters. The van der Waals surface area contributed by atoms with Gasteiger partial charge in [0.1, 0.15) is 0 Å². The van der Waals surface area contributed by atoms with Crippen LogP contribution in [0.15, 0.2) is 231 Å². The Labute approximate surface area is 388 Å². The number of anilines is 6. The van der Waals surface area contributed by atoms with E-state index in [9.17, 15) is 0 Å². The summed E-state index contributed by atoms with van der Waals surface area (Å²) >= 11 is 0. The Balaban J connectivity index is 0.951. The molecule has 0 saturated carbocycles. The van der Waals surface area contributed by atoms with Crippen LogP contribution in [0.2, 0.25) is 0 Å². The summed E-state index contributed by atoms with van der Waals surface area (Å²) in [6.45, 7) is 9.59. The van der Waals surface area contributed by atoms with E-state index in [2.05, 4.69) is 268 Å². The maximum Gasteiger partial charge on any atom is 0.0465 e. The van der Waals surface area contributed by atoms with Crippen LogP contribution in [-0.4, -0.2) is 0 Å². The largest absolute Gasteiger partial charge is 0.310 e. The van der Waals surface area contributed by atoms with Crippen molar-refractivity contribution in [2.24, 2.45) is 0 Å². The molecule has 316 valence electrons. The highest BCUT2D eigenvalue weighted by Crippen LogP contribution is 2.57. The number of rotatable bonds is 8. The van der Waals surface area contributed by atoms with Gasteiger partial charge in [-0.15, -0.1) is 0 Å². The zero-order valence-corrected chi connectivity index (χ0v) is 37.8. The van der Waals surface area contributed by atoms with Gasteiger partial charge in [0, 0.05) is 45.0 Å². The van der Waals surface area contributed by atoms with Gasteiger partial charge < -0.3 is 9.80 Å². The van der Waals surface area contributed by atoms with Crippen LogP contribution in [0.25, 0.3) is 55.3 Å². The quantitative estimate of drug-likeness (QED) is 0.150. The number of nitrogens with zero attached hydrogens (tertiary/aromatic N) is 2. The SMILES string of the molecule is CC1(C)c2cc(N(c3ccccc3)c3ccc(-c4ccccc4)cc3)ccc2-c2c1ccc1c3c(ccc21)C(C)(C)c1cc(N(c2ccccc2)c2ccc(-c4ccccc4)cc2)ccc1-3. The minimum atomic E-state index is -0.195. The Kier molecular flexibility index (Phi) is 9.22. The predicted octanol–water partition coefficient (Wildman–Crippen LogP) is 17.7. The number of hydrogen-bond donors (Lipinski definition) is 0. The summed E-state index contributed by atoms with van der Waals surface area (Å²) in [7, 11) is 0. The summed E-state index contributed by atoms with van der Waals surface area (Å²) in [5, 5.41) is 2.64. The standard InChI is InChI=1S/C64H50N2/c1-63(2)57-39-37-54-53(61(57)55-35-33-51(41-59(55)63)65(47-21-13-7-14-22-47)49-29-25-45(26-30-49)43-17-9-5-10-18-43)38-40-58-62(54)56-36-34-52(42-60(56)64(58,3)4)66(48-23-15-8-16-24-48)50-31-27-46(28-32-50)44-19-11-6-12-20-44/h5-42H,1-4H3. The molecule has 0 saturated heterocycles. The van der Waals surface area contributed by atoms with Crippen molar-refractivity contribution >= 4 is 44.9 Å². The van der Waals surface area contributed by atoms with Gasteiger partial charge in [0.2, 0.25) is 0 Å². The number of fused-ring (bicyclic) bond motifs is 9. The van der Waals surface area contributed by atoms with Crippen molar-refractivity contribution in [1.29, 1.82) is 0 Å². The molecule has 66 heavy (non-hydrogen) atoms. The fourth-order valence-electron chi connectivity index (χ4n) is 11.0. The first-order chi connectivity index (χ1) is 32.3. The molecule has 0 aromatic heterocycles. The molecule has 0 amide bonds. The summed E-state index contributed by atoms with van der Waals surface area (Å²) in [5.41, 5.74) is 22.1. The van der Waals surface area contributed by atoms with Gasteiger partial charge in [-0.2, -0.15) is 0 Å². The van der Waals surface area contributed by atoms with Gasteiger partial charge in [-0.25, -0.2) is 0 Å². The van der Waals surface area contributed by atoms with Crippen LogP contribution in [0.1, 0.15) is 49.9 Å². The molecule has 0 radical (unpaired) electrons. The molecular formula is C64H50N2. The fourth-order valence-corrected chi connectivity index (χ4v) is 11.0. The first-order valence-corrected chi connectivity index (χ1v) is 23.2. The lowest BCUT2D eigenvalue weighted by Gasteiger charge is -2.28.